The molecule has 0 aromatic carbocycles. The Labute approximate surface area is 94.5 Å². The molecule has 2 heterocycles. The zero-order valence-electron chi connectivity index (χ0n) is 8.70. The van der Waals surface area contributed by atoms with Crippen LogP contribution in [0, 0.1) is 0 Å². The fraction of sp³-hybridized carbons (Fsp3) is 0.600. The van der Waals surface area contributed by atoms with Crippen LogP contribution in [0.15, 0.2) is 12.4 Å². The van der Waals surface area contributed by atoms with E-state index in [4.69, 9.17) is 11.6 Å². The second-order valence-corrected chi connectivity index (χ2v) is 4.25. The van der Waals surface area contributed by atoms with Gasteiger partial charge in [-0.15, -0.1) is 0 Å². The first kappa shape index (κ1) is 10.6. The maximum atomic E-state index is 5.77. The predicted octanol–water partition coefficient (Wildman–Crippen LogP) is 1.68. The highest BCUT2D eigenvalue weighted by atomic mass is 35.5. The lowest BCUT2D eigenvalue weighted by molar-refractivity contribution is 0.388. The van der Waals surface area contributed by atoms with Crippen molar-refractivity contribution in [2.24, 2.45) is 0 Å². The lowest BCUT2D eigenvalue weighted by Crippen LogP contribution is -2.46. The number of hydrogen-bond acceptors (Lipinski definition) is 4. The Bertz CT molecular complexity index is 331. The Morgan fingerprint density at radius 2 is 2.40 bits per heavy atom. The molecule has 15 heavy (non-hydrogen) atoms. The molecular formula is C10H15ClN4. The summed E-state index contributed by atoms with van der Waals surface area (Å²) in [4.78, 5) is 8.16. The van der Waals surface area contributed by atoms with Crippen LogP contribution < -0.4 is 10.6 Å². The van der Waals surface area contributed by atoms with Gasteiger partial charge in [0.2, 0.25) is 0 Å². The lowest BCUT2D eigenvalue weighted by Gasteiger charge is -2.30. The van der Waals surface area contributed by atoms with Crippen LogP contribution in [0.3, 0.4) is 0 Å². The maximum Gasteiger partial charge on any atom is 0.149 e. The van der Waals surface area contributed by atoms with Crippen LogP contribution in [-0.4, -0.2) is 28.6 Å². The van der Waals surface area contributed by atoms with Gasteiger partial charge in [-0.2, -0.15) is 0 Å². The molecule has 2 N–H and O–H groups in total. The maximum absolute atomic E-state index is 5.77. The molecule has 0 spiro atoms. The number of rotatable bonds is 2. The van der Waals surface area contributed by atoms with Crippen molar-refractivity contribution < 1.29 is 0 Å². The van der Waals surface area contributed by atoms with E-state index < -0.39 is 0 Å². The highest BCUT2D eigenvalue weighted by molar-refractivity contribution is 6.29. The molecule has 1 fully saturated rings. The summed E-state index contributed by atoms with van der Waals surface area (Å²) in [6.45, 7) is 3.27. The molecule has 2 atom stereocenters. The summed E-state index contributed by atoms with van der Waals surface area (Å²) < 4.78 is 0. The van der Waals surface area contributed by atoms with Crippen molar-refractivity contribution in [3.05, 3.63) is 17.5 Å². The number of nitrogens with zero attached hydrogens (tertiary/aromatic N) is 2. The minimum Gasteiger partial charge on any atom is -0.364 e. The van der Waals surface area contributed by atoms with E-state index in [-0.39, 0.29) is 0 Å². The minimum atomic E-state index is 0.409. The SMILES string of the molecule is CC1NCCCC1Nc1cncc(Cl)n1. The van der Waals surface area contributed by atoms with Crippen LogP contribution in [0.1, 0.15) is 19.8 Å². The molecule has 82 valence electrons. The fourth-order valence-electron chi connectivity index (χ4n) is 1.84. The predicted molar refractivity (Wildman–Crippen MR) is 61.2 cm³/mol. The van der Waals surface area contributed by atoms with Crippen LogP contribution in [-0.2, 0) is 0 Å². The third-order valence-corrected chi connectivity index (χ3v) is 2.88. The van der Waals surface area contributed by atoms with Crippen molar-refractivity contribution in [3.63, 3.8) is 0 Å². The van der Waals surface area contributed by atoms with Gasteiger partial charge in [0.15, 0.2) is 0 Å². The molecule has 0 bridgehead atoms. The van der Waals surface area contributed by atoms with E-state index in [0.29, 0.717) is 17.2 Å². The van der Waals surface area contributed by atoms with Gasteiger partial charge in [-0.1, -0.05) is 11.6 Å². The first-order valence-corrected chi connectivity index (χ1v) is 5.61. The summed E-state index contributed by atoms with van der Waals surface area (Å²) in [6.07, 6.45) is 5.58. The van der Waals surface area contributed by atoms with E-state index in [2.05, 4.69) is 27.5 Å². The molecule has 0 amide bonds. The average molecular weight is 227 g/mol. The van der Waals surface area contributed by atoms with E-state index in [9.17, 15) is 0 Å². The summed E-state index contributed by atoms with van der Waals surface area (Å²) >= 11 is 5.77. The Balaban J connectivity index is 2.01. The number of aromatic nitrogens is 2. The summed E-state index contributed by atoms with van der Waals surface area (Å²) in [5, 5.41) is 7.20. The number of hydrogen-bond donors (Lipinski definition) is 2. The molecule has 2 unspecified atom stereocenters. The Hall–Kier alpha value is -0.870. The van der Waals surface area contributed by atoms with Crippen LogP contribution in [0.2, 0.25) is 5.15 Å². The zero-order chi connectivity index (χ0) is 10.7. The fourth-order valence-corrected chi connectivity index (χ4v) is 1.99. The van der Waals surface area contributed by atoms with E-state index in [1.165, 1.54) is 12.6 Å². The topological polar surface area (TPSA) is 49.8 Å². The van der Waals surface area contributed by atoms with Gasteiger partial charge < -0.3 is 10.6 Å². The Morgan fingerprint density at radius 3 is 3.13 bits per heavy atom. The van der Waals surface area contributed by atoms with Crippen LogP contribution >= 0.6 is 11.6 Å². The molecule has 0 aliphatic carbocycles. The van der Waals surface area contributed by atoms with Gasteiger partial charge in [0, 0.05) is 12.1 Å². The van der Waals surface area contributed by atoms with Crippen molar-refractivity contribution in [1.29, 1.82) is 0 Å². The second-order valence-electron chi connectivity index (χ2n) is 3.86. The first-order valence-electron chi connectivity index (χ1n) is 5.23. The highest BCUT2D eigenvalue weighted by Gasteiger charge is 2.20. The second kappa shape index (κ2) is 4.77. The minimum absolute atomic E-state index is 0.409. The van der Waals surface area contributed by atoms with Gasteiger partial charge in [-0.3, -0.25) is 4.98 Å². The highest BCUT2D eigenvalue weighted by Crippen LogP contribution is 2.14. The number of halogens is 1. The van der Waals surface area contributed by atoms with Gasteiger partial charge in [-0.25, -0.2) is 4.98 Å². The summed E-state index contributed by atoms with van der Waals surface area (Å²) in [7, 11) is 0. The van der Waals surface area contributed by atoms with E-state index in [0.717, 1.165) is 18.8 Å². The van der Waals surface area contributed by atoms with Gasteiger partial charge in [-0.05, 0) is 26.3 Å². The number of piperidine rings is 1. The molecular weight excluding hydrogens is 212 g/mol. The summed E-state index contributed by atoms with van der Waals surface area (Å²) in [5.41, 5.74) is 0. The molecule has 0 radical (unpaired) electrons. The standard InChI is InChI=1S/C10H15ClN4/c1-7-8(3-2-4-13-7)14-10-6-12-5-9(11)15-10/h5-8,13H,2-4H2,1H3,(H,14,15). The summed E-state index contributed by atoms with van der Waals surface area (Å²) in [6, 6.07) is 0.867. The third-order valence-electron chi connectivity index (χ3n) is 2.70. The van der Waals surface area contributed by atoms with Crippen LogP contribution in [0.25, 0.3) is 0 Å². The molecule has 4 nitrogen and oxygen atoms in total. The number of nitrogens with one attached hydrogen (secondary N) is 2. The largest absolute Gasteiger partial charge is 0.364 e. The van der Waals surface area contributed by atoms with Crippen molar-refractivity contribution in [2.75, 3.05) is 11.9 Å². The van der Waals surface area contributed by atoms with Gasteiger partial charge in [0.05, 0.1) is 12.4 Å². The molecule has 1 aromatic heterocycles. The zero-order valence-corrected chi connectivity index (χ0v) is 9.46. The molecule has 1 aromatic rings. The summed E-state index contributed by atoms with van der Waals surface area (Å²) in [5.74, 6) is 0.753. The molecule has 1 saturated heterocycles. The first-order chi connectivity index (χ1) is 7.25. The molecule has 5 heteroatoms. The van der Waals surface area contributed by atoms with Crippen LogP contribution in [0.5, 0.6) is 0 Å². The van der Waals surface area contributed by atoms with Gasteiger partial charge >= 0.3 is 0 Å². The van der Waals surface area contributed by atoms with E-state index in [1.807, 2.05) is 0 Å². The molecule has 0 saturated carbocycles. The van der Waals surface area contributed by atoms with Crippen molar-refractivity contribution >= 4 is 17.4 Å². The van der Waals surface area contributed by atoms with Crippen molar-refractivity contribution in [3.8, 4) is 0 Å². The van der Waals surface area contributed by atoms with Gasteiger partial charge in [0.1, 0.15) is 11.0 Å². The lowest BCUT2D eigenvalue weighted by atomic mass is 10.00. The van der Waals surface area contributed by atoms with Crippen molar-refractivity contribution in [1.82, 2.24) is 15.3 Å². The third kappa shape index (κ3) is 2.79. The number of anilines is 1. The average Bonchev–Trinajstić information content (AvgIpc) is 2.22. The Kier molecular flexibility index (Phi) is 3.38. The normalized spacial score (nSPS) is 26.3. The smallest absolute Gasteiger partial charge is 0.149 e. The molecule has 2 rings (SSSR count). The molecule has 1 aliphatic rings. The Morgan fingerprint density at radius 1 is 1.53 bits per heavy atom. The monoisotopic (exact) mass is 226 g/mol. The van der Waals surface area contributed by atoms with E-state index >= 15 is 0 Å². The molecule has 1 aliphatic heterocycles. The van der Waals surface area contributed by atoms with Crippen LogP contribution in [0.4, 0.5) is 5.82 Å². The van der Waals surface area contributed by atoms with Gasteiger partial charge in [0.25, 0.3) is 0 Å². The van der Waals surface area contributed by atoms with Crippen molar-refractivity contribution in [2.45, 2.75) is 31.8 Å². The van der Waals surface area contributed by atoms with E-state index in [1.54, 1.807) is 6.20 Å². The quantitative estimate of drug-likeness (QED) is 0.806.